The van der Waals surface area contributed by atoms with Gasteiger partial charge in [-0.3, -0.25) is 0 Å². The monoisotopic (exact) mass is 168 g/mol. The fraction of sp³-hybridized carbons (Fsp3) is 0.333. The third-order valence-corrected chi connectivity index (χ3v) is 1.58. The molecule has 0 heterocycles. The second-order valence-corrected chi connectivity index (χ2v) is 2.65. The lowest BCUT2D eigenvalue weighted by Crippen LogP contribution is -2.15. The number of benzene rings is 1. The fourth-order valence-electron chi connectivity index (χ4n) is 0.839. The average Bonchev–Trinajstić information content (AvgIpc) is 2.07. The molecule has 0 saturated carbocycles. The fourth-order valence-corrected chi connectivity index (χ4v) is 0.972. The van der Waals surface area contributed by atoms with Crippen LogP contribution in [-0.4, -0.2) is 12.4 Å². The first-order valence-electron chi connectivity index (χ1n) is 3.65. The van der Waals surface area contributed by atoms with Crippen LogP contribution in [0.2, 0.25) is 0 Å². The molecule has 59 valence electrons. The van der Waals surface area contributed by atoms with Crippen LogP contribution in [0.1, 0.15) is 5.56 Å². The first-order valence-corrected chi connectivity index (χ1v) is 4.18. The Balaban J connectivity index is 2.28. The molecule has 0 aliphatic heterocycles. The van der Waals surface area contributed by atoms with Gasteiger partial charge < -0.3 is 5.32 Å². The van der Waals surface area contributed by atoms with Gasteiger partial charge in [0.15, 0.2) is 0 Å². The molecular formula is C9H11ClN. The molecule has 0 atom stereocenters. The maximum Gasteiger partial charge on any atom is 0.0348 e. The quantitative estimate of drug-likeness (QED) is 0.534. The van der Waals surface area contributed by atoms with Gasteiger partial charge in [0, 0.05) is 19.0 Å². The molecule has 0 aliphatic rings. The molecule has 0 bridgehead atoms. The minimum absolute atomic E-state index is 0.666. The Morgan fingerprint density at radius 1 is 1.36 bits per heavy atom. The minimum atomic E-state index is 0.666. The van der Waals surface area contributed by atoms with E-state index in [0.717, 1.165) is 13.1 Å². The van der Waals surface area contributed by atoms with Crippen LogP contribution in [0.5, 0.6) is 0 Å². The van der Waals surface area contributed by atoms with Crippen LogP contribution in [0.25, 0.3) is 0 Å². The molecule has 0 aliphatic carbocycles. The molecule has 0 amide bonds. The predicted octanol–water partition coefficient (Wildman–Crippen LogP) is 1.82. The maximum absolute atomic E-state index is 5.50. The van der Waals surface area contributed by atoms with E-state index in [1.165, 1.54) is 5.56 Å². The standard InChI is InChI=1S/C9H11ClN/c10-6-7-11-8-9-4-2-1-3-5-9/h2-5,11H,6-8H2. The van der Waals surface area contributed by atoms with Gasteiger partial charge in [-0.1, -0.05) is 24.3 Å². The number of hydrogen-bond donors (Lipinski definition) is 1. The summed E-state index contributed by atoms with van der Waals surface area (Å²) in [5.41, 5.74) is 1.27. The number of rotatable bonds is 4. The highest BCUT2D eigenvalue weighted by Gasteiger charge is 1.88. The molecule has 0 spiro atoms. The number of hydrogen-bond acceptors (Lipinski definition) is 1. The zero-order valence-corrected chi connectivity index (χ0v) is 7.06. The Morgan fingerprint density at radius 3 is 2.73 bits per heavy atom. The van der Waals surface area contributed by atoms with Gasteiger partial charge in [-0.25, -0.2) is 0 Å². The molecule has 1 nitrogen and oxygen atoms in total. The van der Waals surface area contributed by atoms with Gasteiger partial charge in [-0.05, 0) is 11.6 Å². The van der Waals surface area contributed by atoms with Crippen molar-refractivity contribution in [1.29, 1.82) is 0 Å². The topological polar surface area (TPSA) is 12.0 Å². The molecule has 1 aromatic rings. The van der Waals surface area contributed by atoms with Crippen LogP contribution in [0.4, 0.5) is 0 Å². The van der Waals surface area contributed by atoms with E-state index >= 15 is 0 Å². The Hall–Kier alpha value is -0.530. The molecule has 11 heavy (non-hydrogen) atoms. The summed E-state index contributed by atoms with van der Waals surface area (Å²) >= 11 is 5.50. The molecule has 1 rings (SSSR count). The van der Waals surface area contributed by atoms with Crippen molar-refractivity contribution in [2.45, 2.75) is 6.54 Å². The van der Waals surface area contributed by atoms with Gasteiger partial charge in [-0.2, -0.15) is 0 Å². The minimum Gasteiger partial charge on any atom is -0.311 e. The molecule has 2 heteroatoms. The van der Waals surface area contributed by atoms with E-state index in [-0.39, 0.29) is 0 Å². The Kier molecular flexibility index (Phi) is 4.02. The predicted molar refractivity (Wildman–Crippen MR) is 47.7 cm³/mol. The van der Waals surface area contributed by atoms with Gasteiger partial charge in [0.25, 0.3) is 0 Å². The van der Waals surface area contributed by atoms with E-state index in [1.807, 2.05) is 24.3 Å². The summed E-state index contributed by atoms with van der Waals surface area (Å²) in [4.78, 5) is 0. The lowest BCUT2D eigenvalue weighted by atomic mass is 10.2. The molecule has 1 N–H and O–H groups in total. The van der Waals surface area contributed by atoms with Gasteiger partial charge >= 0.3 is 0 Å². The first kappa shape index (κ1) is 8.57. The van der Waals surface area contributed by atoms with Crippen LogP contribution in [0, 0.1) is 6.07 Å². The third-order valence-electron chi connectivity index (χ3n) is 1.39. The van der Waals surface area contributed by atoms with Crippen LogP contribution in [0.3, 0.4) is 0 Å². The van der Waals surface area contributed by atoms with Crippen molar-refractivity contribution in [3.63, 3.8) is 0 Å². The zero-order valence-electron chi connectivity index (χ0n) is 6.31. The van der Waals surface area contributed by atoms with Gasteiger partial charge in [0.05, 0.1) is 0 Å². The summed E-state index contributed by atoms with van der Waals surface area (Å²) in [7, 11) is 0. The van der Waals surface area contributed by atoms with E-state index in [1.54, 1.807) is 0 Å². The van der Waals surface area contributed by atoms with Crippen LogP contribution < -0.4 is 5.32 Å². The zero-order chi connectivity index (χ0) is 7.94. The molecule has 0 unspecified atom stereocenters. The second-order valence-electron chi connectivity index (χ2n) is 2.27. The highest BCUT2D eigenvalue weighted by atomic mass is 35.5. The molecule has 0 saturated heterocycles. The largest absolute Gasteiger partial charge is 0.311 e. The number of alkyl halides is 1. The van der Waals surface area contributed by atoms with Crippen molar-refractivity contribution < 1.29 is 0 Å². The van der Waals surface area contributed by atoms with Crippen molar-refractivity contribution in [2.24, 2.45) is 0 Å². The summed E-state index contributed by atoms with van der Waals surface area (Å²) in [6.45, 7) is 1.75. The molecule has 0 fully saturated rings. The van der Waals surface area contributed by atoms with Crippen molar-refractivity contribution in [1.82, 2.24) is 5.32 Å². The highest BCUT2D eigenvalue weighted by Crippen LogP contribution is 1.95. The van der Waals surface area contributed by atoms with E-state index in [0.29, 0.717) is 5.88 Å². The highest BCUT2D eigenvalue weighted by molar-refractivity contribution is 6.18. The smallest absolute Gasteiger partial charge is 0.0348 e. The number of nitrogens with one attached hydrogen (secondary N) is 1. The maximum atomic E-state index is 5.50. The molecule has 0 aromatic heterocycles. The van der Waals surface area contributed by atoms with Gasteiger partial charge in [0.2, 0.25) is 0 Å². The van der Waals surface area contributed by atoms with E-state index < -0.39 is 0 Å². The molecular weight excluding hydrogens is 158 g/mol. The van der Waals surface area contributed by atoms with Crippen molar-refractivity contribution in [3.05, 3.63) is 35.9 Å². The lowest BCUT2D eigenvalue weighted by molar-refractivity contribution is 0.730. The Bertz CT molecular complexity index is 186. The summed E-state index contributed by atoms with van der Waals surface area (Å²) in [5, 5.41) is 3.21. The molecule has 1 radical (unpaired) electrons. The third kappa shape index (κ3) is 3.40. The Morgan fingerprint density at radius 2 is 2.09 bits per heavy atom. The van der Waals surface area contributed by atoms with Crippen LogP contribution >= 0.6 is 11.6 Å². The van der Waals surface area contributed by atoms with E-state index in [9.17, 15) is 0 Å². The Labute approximate surface area is 72.4 Å². The van der Waals surface area contributed by atoms with Crippen LogP contribution in [0.15, 0.2) is 24.3 Å². The van der Waals surface area contributed by atoms with Crippen molar-refractivity contribution in [3.8, 4) is 0 Å². The van der Waals surface area contributed by atoms with Crippen LogP contribution in [-0.2, 0) is 6.54 Å². The van der Waals surface area contributed by atoms with Crippen molar-refractivity contribution in [2.75, 3.05) is 12.4 Å². The SMILES string of the molecule is ClCCNCc1cc[c]cc1. The summed E-state index contributed by atoms with van der Waals surface area (Å²) in [6.07, 6.45) is 0. The first-order chi connectivity index (χ1) is 5.43. The van der Waals surface area contributed by atoms with Crippen molar-refractivity contribution >= 4 is 11.6 Å². The average molecular weight is 169 g/mol. The van der Waals surface area contributed by atoms with E-state index in [2.05, 4.69) is 11.4 Å². The summed E-state index contributed by atoms with van der Waals surface area (Å²) in [6, 6.07) is 10.9. The number of halogens is 1. The summed E-state index contributed by atoms with van der Waals surface area (Å²) in [5.74, 6) is 0.666. The van der Waals surface area contributed by atoms with E-state index in [4.69, 9.17) is 11.6 Å². The molecule has 1 aromatic carbocycles. The second kappa shape index (κ2) is 5.16. The van der Waals surface area contributed by atoms with Gasteiger partial charge in [0.1, 0.15) is 0 Å². The summed E-state index contributed by atoms with van der Waals surface area (Å²) < 4.78 is 0. The normalized spacial score (nSPS) is 9.91. The van der Waals surface area contributed by atoms with Gasteiger partial charge in [-0.15, -0.1) is 11.6 Å². The lowest BCUT2D eigenvalue weighted by Gasteiger charge is -2.00.